The first-order valence-electron chi connectivity index (χ1n) is 6.19. The van der Waals surface area contributed by atoms with Crippen molar-refractivity contribution in [3.05, 3.63) is 0 Å². The first-order valence-corrected chi connectivity index (χ1v) is 7.34. The molecule has 0 unspecified atom stereocenters. The van der Waals surface area contributed by atoms with Gasteiger partial charge >= 0.3 is 0 Å². The molecule has 1 fully saturated rings. The molecule has 1 aliphatic rings. The van der Waals surface area contributed by atoms with Crippen molar-refractivity contribution in [2.45, 2.75) is 33.1 Å². The summed E-state index contributed by atoms with van der Waals surface area (Å²) in [7, 11) is 0. The third-order valence-corrected chi connectivity index (χ3v) is 4.19. The first-order chi connectivity index (χ1) is 7.33. The van der Waals surface area contributed by atoms with Gasteiger partial charge in [-0.2, -0.15) is 11.8 Å². The van der Waals surface area contributed by atoms with E-state index in [-0.39, 0.29) is 0 Å². The topological polar surface area (TPSA) is 21.3 Å². The van der Waals surface area contributed by atoms with E-state index in [1.54, 1.807) is 0 Å². The molecule has 0 aliphatic carbocycles. The first kappa shape index (κ1) is 13.3. The monoisotopic (exact) mass is 231 g/mol. The minimum absolute atomic E-state index is 0.524. The van der Waals surface area contributed by atoms with Crippen LogP contribution >= 0.6 is 11.8 Å². The highest BCUT2D eigenvalue weighted by Crippen LogP contribution is 2.34. The SMILES string of the molecule is CCNCC1(CCSCC)CCOCC1. The van der Waals surface area contributed by atoms with Crippen molar-refractivity contribution in [2.24, 2.45) is 5.41 Å². The molecule has 0 aromatic rings. The zero-order valence-corrected chi connectivity index (χ0v) is 11.0. The van der Waals surface area contributed by atoms with Crippen LogP contribution in [0.1, 0.15) is 33.1 Å². The van der Waals surface area contributed by atoms with Crippen molar-refractivity contribution in [1.29, 1.82) is 0 Å². The van der Waals surface area contributed by atoms with Gasteiger partial charge in [0, 0.05) is 19.8 Å². The van der Waals surface area contributed by atoms with Gasteiger partial charge in [-0.1, -0.05) is 13.8 Å². The van der Waals surface area contributed by atoms with E-state index in [1.165, 1.54) is 37.3 Å². The van der Waals surface area contributed by atoms with Crippen molar-refractivity contribution in [3.8, 4) is 0 Å². The highest BCUT2D eigenvalue weighted by Gasteiger charge is 2.31. The molecule has 0 atom stereocenters. The van der Waals surface area contributed by atoms with Gasteiger partial charge in [-0.25, -0.2) is 0 Å². The quantitative estimate of drug-likeness (QED) is 0.680. The maximum atomic E-state index is 5.48. The number of thioether (sulfide) groups is 1. The molecule has 0 aromatic carbocycles. The van der Waals surface area contributed by atoms with E-state index in [4.69, 9.17) is 4.74 Å². The third-order valence-electron chi connectivity index (χ3n) is 3.28. The van der Waals surface area contributed by atoms with Crippen LogP contribution < -0.4 is 5.32 Å². The van der Waals surface area contributed by atoms with Gasteiger partial charge in [0.1, 0.15) is 0 Å². The summed E-state index contributed by atoms with van der Waals surface area (Å²) >= 11 is 2.07. The molecule has 2 nitrogen and oxygen atoms in total. The maximum absolute atomic E-state index is 5.48. The lowest BCUT2D eigenvalue weighted by molar-refractivity contribution is 0.0137. The summed E-state index contributed by atoms with van der Waals surface area (Å²) in [6.07, 6.45) is 3.83. The Morgan fingerprint density at radius 1 is 1.27 bits per heavy atom. The number of nitrogens with one attached hydrogen (secondary N) is 1. The lowest BCUT2D eigenvalue weighted by atomic mass is 9.78. The van der Waals surface area contributed by atoms with Gasteiger partial charge in [-0.05, 0) is 42.7 Å². The second-order valence-electron chi connectivity index (χ2n) is 4.34. The number of hydrogen-bond acceptors (Lipinski definition) is 3. The number of hydrogen-bond donors (Lipinski definition) is 1. The maximum Gasteiger partial charge on any atom is 0.0471 e. The zero-order chi connectivity index (χ0) is 11.0. The fraction of sp³-hybridized carbons (Fsp3) is 1.00. The van der Waals surface area contributed by atoms with Crippen molar-refractivity contribution in [2.75, 3.05) is 37.8 Å². The highest BCUT2D eigenvalue weighted by atomic mass is 32.2. The Bertz CT molecular complexity index is 158. The lowest BCUT2D eigenvalue weighted by Crippen LogP contribution is -2.39. The van der Waals surface area contributed by atoms with Crippen LogP contribution in [0.25, 0.3) is 0 Å². The molecule has 0 bridgehead atoms. The number of rotatable bonds is 7. The van der Waals surface area contributed by atoms with E-state index in [2.05, 4.69) is 30.9 Å². The summed E-state index contributed by atoms with van der Waals surface area (Å²) in [5.41, 5.74) is 0.524. The molecule has 90 valence electrons. The summed E-state index contributed by atoms with van der Waals surface area (Å²) < 4.78 is 5.48. The smallest absolute Gasteiger partial charge is 0.0471 e. The molecule has 0 radical (unpaired) electrons. The number of ether oxygens (including phenoxy) is 1. The van der Waals surface area contributed by atoms with Gasteiger partial charge in [0.15, 0.2) is 0 Å². The molecule has 0 aromatic heterocycles. The highest BCUT2D eigenvalue weighted by molar-refractivity contribution is 7.99. The molecule has 0 amide bonds. The molecule has 1 heterocycles. The van der Waals surface area contributed by atoms with Gasteiger partial charge in [0.2, 0.25) is 0 Å². The van der Waals surface area contributed by atoms with Crippen LogP contribution in [0.15, 0.2) is 0 Å². The summed E-state index contributed by atoms with van der Waals surface area (Å²) in [6.45, 7) is 8.62. The molecule has 1 N–H and O–H groups in total. The average Bonchev–Trinajstić information content (AvgIpc) is 2.28. The van der Waals surface area contributed by atoms with E-state index < -0.39 is 0 Å². The van der Waals surface area contributed by atoms with Crippen molar-refractivity contribution >= 4 is 11.8 Å². The molecule has 1 rings (SSSR count). The summed E-state index contributed by atoms with van der Waals surface area (Å²) in [4.78, 5) is 0. The minimum Gasteiger partial charge on any atom is -0.381 e. The summed E-state index contributed by atoms with van der Waals surface area (Å²) in [5.74, 6) is 2.55. The largest absolute Gasteiger partial charge is 0.381 e. The van der Waals surface area contributed by atoms with Gasteiger partial charge in [0.05, 0.1) is 0 Å². The Hall–Kier alpha value is 0.270. The summed E-state index contributed by atoms with van der Waals surface area (Å²) in [5, 5.41) is 3.52. The molecule has 15 heavy (non-hydrogen) atoms. The predicted octanol–water partition coefficient (Wildman–Crippen LogP) is 2.54. The molecule has 1 saturated heterocycles. The van der Waals surface area contributed by atoms with Crippen molar-refractivity contribution < 1.29 is 4.74 Å². The Morgan fingerprint density at radius 2 is 2.00 bits per heavy atom. The van der Waals surface area contributed by atoms with Gasteiger partial charge in [-0.3, -0.25) is 0 Å². The zero-order valence-electron chi connectivity index (χ0n) is 10.2. The lowest BCUT2D eigenvalue weighted by Gasteiger charge is -2.37. The van der Waals surface area contributed by atoms with Gasteiger partial charge < -0.3 is 10.1 Å². The minimum atomic E-state index is 0.524. The van der Waals surface area contributed by atoms with E-state index in [0.29, 0.717) is 5.41 Å². The van der Waals surface area contributed by atoms with Crippen LogP contribution in [-0.4, -0.2) is 37.8 Å². The second kappa shape index (κ2) is 7.53. The molecule has 3 heteroatoms. The molecule has 0 saturated carbocycles. The molecular weight excluding hydrogens is 206 g/mol. The Labute approximate surface area is 98.5 Å². The fourth-order valence-corrected chi connectivity index (χ4v) is 3.01. The van der Waals surface area contributed by atoms with Gasteiger partial charge in [-0.15, -0.1) is 0 Å². The molecule has 0 spiro atoms. The predicted molar refractivity (Wildman–Crippen MR) is 68.6 cm³/mol. The van der Waals surface area contributed by atoms with Crippen molar-refractivity contribution in [1.82, 2.24) is 5.32 Å². The van der Waals surface area contributed by atoms with Crippen LogP contribution in [-0.2, 0) is 4.74 Å². The van der Waals surface area contributed by atoms with Crippen LogP contribution in [0.5, 0.6) is 0 Å². The Balaban J connectivity index is 2.35. The Morgan fingerprint density at radius 3 is 2.60 bits per heavy atom. The average molecular weight is 231 g/mol. The second-order valence-corrected chi connectivity index (χ2v) is 5.73. The van der Waals surface area contributed by atoms with Crippen LogP contribution in [0.2, 0.25) is 0 Å². The van der Waals surface area contributed by atoms with Crippen LogP contribution in [0.3, 0.4) is 0 Å². The third kappa shape index (κ3) is 4.75. The summed E-state index contributed by atoms with van der Waals surface area (Å²) in [6, 6.07) is 0. The molecule has 1 aliphatic heterocycles. The van der Waals surface area contributed by atoms with Crippen molar-refractivity contribution in [3.63, 3.8) is 0 Å². The van der Waals surface area contributed by atoms with E-state index in [1.807, 2.05) is 0 Å². The molecular formula is C12H25NOS. The van der Waals surface area contributed by atoms with E-state index in [9.17, 15) is 0 Å². The fourth-order valence-electron chi connectivity index (χ4n) is 2.14. The van der Waals surface area contributed by atoms with E-state index >= 15 is 0 Å². The Kier molecular flexibility index (Phi) is 6.69. The van der Waals surface area contributed by atoms with Crippen LogP contribution in [0.4, 0.5) is 0 Å². The normalized spacial score (nSPS) is 20.4. The standard InChI is InChI=1S/C12H25NOS/c1-3-13-11-12(7-10-15-4-2)5-8-14-9-6-12/h13H,3-11H2,1-2H3. The van der Waals surface area contributed by atoms with Crippen LogP contribution in [0, 0.1) is 5.41 Å². The van der Waals surface area contributed by atoms with Gasteiger partial charge in [0.25, 0.3) is 0 Å². The van der Waals surface area contributed by atoms with E-state index in [0.717, 1.165) is 19.8 Å².